The lowest BCUT2D eigenvalue weighted by Crippen LogP contribution is -2.14. The Morgan fingerprint density at radius 1 is 1.36 bits per heavy atom. The lowest BCUT2D eigenvalue weighted by atomic mass is 10.3. The molecule has 0 aliphatic rings. The first-order valence-electron chi connectivity index (χ1n) is 3.94. The fraction of sp³-hybridized carbons (Fsp3) is 0.111. The standard InChI is InChI=1S/C9H11NO3S/c1-2-7-14(12,13)10-8-3-5-9(11)6-4-8/h2-6,10-11H,1,7H2. The summed E-state index contributed by atoms with van der Waals surface area (Å²) in [4.78, 5) is 0. The molecule has 5 heteroatoms. The highest BCUT2D eigenvalue weighted by Crippen LogP contribution is 2.14. The zero-order valence-electron chi connectivity index (χ0n) is 7.47. The number of aromatic hydroxyl groups is 1. The Balaban J connectivity index is 2.79. The van der Waals surface area contributed by atoms with Gasteiger partial charge >= 0.3 is 0 Å². The molecule has 0 radical (unpaired) electrons. The average Bonchev–Trinajstić information content (AvgIpc) is 2.08. The molecule has 0 heterocycles. The highest BCUT2D eigenvalue weighted by atomic mass is 32.2. The number of hydrogen-bond donors (Lipinski definition) is 2. The topological polar surface area (TPSA) is 66.4 Å². The average molecular weight is 213 g/mol. The van der Waals surface area contributed by atoms with Crippen molar-refractivity contribution >= 4 is 15.7 Å². The number of anilines is 1. The molecule has 0 aliphatic heterocycles. The molecule has 0 bridgehead atoms. The van der Waals surface area contributed by atoms with E-state index in [0.717, 1.165) is 0 Å². The number of sulfonamides is 1. The maximum Gasteiger partial charge on any atom is 0.236 e. The molecule has 76 valence electrons. The largest absolute Gasteiger partial charge is 0.508 e. The van der Waals surface area contributed by atoms with E-state index < -0.39 is 10.0 Å². The van der Waals surface area contributed by atoms with E-state index in [1.165, 1.54) is 30.3 Å². The third-order valence-electron chi connectivity index (χ3n) is 1.48. The normalized spacial score (nSPS) is 10.9. The van der Waals surface area contributed by atoms with Crippen LogP contribution in [-0.2, 0) is 10.0 Å². The van der Waals surface area contributed by atoms with Gasteiger partial charge in [-0.05, 0) is 24.3 Å². The molecule has 14 heavy (non-hydrogen) atoms. The van der Waals surface area contributed by atoms with Gasteiger partial charge in [0.2, 0.25) is 10.0 Å². The van der Waals surface area contributed by atoms with Gasteiger partial charge in [0.05, 0.1) is 5.75 Å². The first kappa shape index (κ1) is 10.6. The second kappa shape index (κ2) is 4.15. The quantitative estimate of drug-likeness (QED) is 0.585. The Bertz CT molecular complexity index is 408. The number of rotatable bonds is 4. The molecule has 0 unspecified atom stereocenters. The first-order valence-corrected chi connectivity index (χ1v) is 5.59. The van der Waals surface area contributed by atoms with Crippen molar-refractivity contribution in [2.24, 2.45) is 0 Å². The fourth-order valence-electron chi connectivity index (χ4n) is 0.906. The molecule has 2 N–H and O–H groups in total. The lowest BCUT2D eigenvalue weighted by molar-refractivity contribution is 0.475. The Labute approximate surface area is 82.9 Å². The highest BCUT2D eigenvalue weighted by molar-refractivity contribution is 7.92. The molecule has 0 fully saturated rings. The second-order valence-electron chi connectivity index (χ2n) is 2.72. The fourth-order valence-corrected chi connectivity index (χ4v) is 1.79. The molecular formula is C9H11NO3S. The van der Waals surface area contributed by atoms with E-state index in [0.29, 0.717) is 5.69 Å². The summed E-state index contributed by atoms with van der Waals surface area (Å²) < 4.78 is 24.8. The highest BCUT2D eigenvalue weighted by Gasteiger charge is 2.06. The van der Waals surface area contributed by atoms with Crippen LogP contribution in [0.3, 0.4) is 0 Å². The van der Waals surface area contributed by atoms with Gasteiger partial charge in [0.15, 0.2) is 0 Å². The molecule has 0 amide bonds. The van der Waals surface area contributed by atoms with Crippen molar-refractivity contribution in [3.63, 3.8) is 0 Å². The summed E-state index contributed by atoms with van der Waals surface area (Å²) in [7, 11) is -3.35. The second-order valence-corrected chi connectivity index (χ2v) is 4.49. The van der Waals surface area contributed by atoms with Crippen LogP contribution in [0.1, 0.15) is 0 Å². The molecule has 4 nitrogen and oxygen atoms in total. The third-order valence-corrected chi connectivity index (χ3v) is 2.70. The monoisotopic (exact) mass is 213 g/mol. The van der Waals surface area contributed by atoms with E-state index in [1.54, 1.807) is 0 Å². The van der Waals surface area contributed by atoms with Crippen molar-refractivity contribution < 1.29 is 13.5 Å². The minimum absolute atomic E-state index is 0.0941. The molecule has 0 aromatic heterocycles. The molecule has 1 aromatic rings. The molecule has 1 aromatic carbocycles. The Morgan fingerprint density at radius 3 is 2.43 bits per heavy atom. The minimum Gasteiger partial charge on any atom is -0.508 e. The van der Waals surface area contributed by atoms with Gasteiger partial charge in [-0.1, -0.05) is 6.08 Å². The van der Waals surface area contributed by atoms with Crippen molar-refractivity contribution in [2.75, 3.05) is 10.5 Å². The summed E-state index contributed by atoms with van der Waals surface area (Å²) in [5.41, 5.74) is 0.421. The predicted octanol–water partition coefficient (Wildman–Crippen LogP) is 1.32. The first-order chi connectivity index (χ1) is 6.53. The van der Waals surface area contributed by atoms with Crippen molar-refractivity contribution in [1.29, 1.82) is 0 Å². The number of phenols is 1. The number of hydrogen-bond acceptors (Lipinski definition) is 3. The van der Waals surface area contributed by atoms with Crippen LogP contribution in [-0.4, -0.2) is 19.3 Å². The third kappa shape index (κ3) is 3.10. The predicted molar refractivity (Wildman–Crippen MR) is 55.7 cm³/mol. The van der Waals surface area contributed by atoms with E-state index in [9.17, 15) is 8.42 Å². The maximum atomic E-state index is 11.2. The summed E-state index contributed by atoms with van der Waals surface area (Å²) in [6, 6.07) is 5.78. The smallest absolute Gasteiger partial charge is 0.236 e. The van der Waals surface area contributed by atoms with Gasteiger partial charge in [-0.15, -0.1) is 6.58 Å². The van der Waals surface area contributed by atoms with Gasteiger partial charge in [-0.25, -0.2) is 8.42 Å². The zero-order chi connectivity index (χ0) is 10.6. The Morgan fingerprint density at radius 2 is 1.93 bits per heavy atom. The number of benzene rings is 1. The summed E-state index contributed by atoms with van der Waals surface area (Å²) in [6.45, 7) is 3.34. The van der Waals surface area contributed by atoms with Crippen LogP contribution in [0.4, 0.5) is 5.69 Å². The summed E-state index contributed by atoms with van der Waals surface area (Å²) >= 11 is 0. The van der Waals surface area contributed by atoms with Crippen LogP contribution < -0.4 is 4.72 Å². The summed E-state index contributed by atoms with van der Waals surface area (Å²) in [6.07, 6.45) is 1.31. The van der Waals surface area contributed by atoms with Crippen LogP contribution in [0.5, 0.6) is 5.75 Å². The van der Waals surface area contributed by atoms with Crippen LogP contribution in [0.2, 0.25) is 0 Å². The minimum atomic E-state index is -3.35. The van der Waals surface area contributed by atoms with Gasteiger partial charge in [0, 0.05) is 5.69 Å². The molecular weight excluding hydrogens is 202 g/mol. The molecule has 0 aliphatic carbocycles. The summed E-state index contributed by atoms with van der Waals surface area (Å²) in [5.74, 6) is -0.0369. The Kier molecular flexibility index (Phi) is 3.14. The Hall–Kier alpha value is -1.49. The van der Waals surface area contributed by atoms with Gasteiger partial charge < -0.3 is 5.11 Å². The number of nitrogens with one attached hydrogen (secondary N) is 1. The van der Waals surface area contributed by atoms with Crippen LogP contribution in [0.25, 0.3) is 0 Å². The molecule has 0 saturated carbocycles. The van der Waals surface area contributed by atoms with Crippen molar-refractivity contribution in [1.82, 2.24) is 0 Å². The van der Waals surface area contributed by atoms with Crippen LogP contribution in [0, 0.1) is 0 Å². The molecule has 1 rings (SSSR count). The van der Waals surface area contributed by atoms with E-state index in [4.69, 9.17) is 5.11 Å². The molecule has 0 spiro atoms. The summed E-state index contributed by atoms with van der Waals surface area (Å²) in [5, 5.41) is 8.96. The van der Waals surface area contributed by atoms with Crippen LogP contribution >= 0.6 is 0 Å². The maximum absolute atomic E-state index is 11.2. The van der Waals surface area contributed by atoms with Gasteiger partial charge in [-0.3, -0.25) is 4.72 Å². The van der Waals surface area contributed by atoms with Crippen molar-refractivity contribution in [3.8, 4) is 5.75 Å². The molecule has 0 atom stereocenters. The van der Waals surface area contributed by atoms with E-state index >= 15 is 0 Å². The van der Waals surface area contributed by atoms with Gasteiger partial charge in [0.25, 0.3) is 0 Å². The van der Waals surface area contributed by atoms with Gasteiger partial charge in [-0.2, -0.15) is 0 Å². The zero-order valence-corrected chi connectivity index (χ0v) is 8.29. The van der Waals surface area contributed by atoms with Crippen LogP contribution in [0.15, 0.2) is 36.9 Å². The van der Waals surface area contributed by atoms with E-state index in [1.807, 2.05) is 0 Å². The van der Waals surface area contributed by atoms with Crippen molar-refractivity contribution in [2.45, 2.75) is 0 Å². The van der Waals surface area contributed by atoms with Gasteiger partial charge in [0.1, 0.15) is 5.75 Å². The molecule has 0 saturated heterocycles. The SMILES string of the molecule is C=CCS(=O)(=O)Nc1ccc(O)cc1. The number of phenolic OH excluding ortho intramolecular Hbond substituents is 1. The van der Waals surface area contributed by atoms with Crippen molar-refractivity contribution in [3.05, 3.63) is 36.9 Å². The van der Waals surface area contributed by atoms with E-state index in [-0.39, 0.29) is 11.5 Å². The van der Waals surface area contributed by atoms with E-state index in [2.05, 4.69) is 11.3 Å². The lowest BCUT2D eigenvalue weighted by Gasteiger charge is -2.05.